The van der Waals surface area contributed by atoms with Gasteiger partial charge < -0.3 is 5.11 Å². The minimum Gasteiger partial charge on any atom is -0.481 e. The number of carboxylic acids is 1. The third-order valence-electron chi connectivity index (χ3n) is 3.14. The Morgan fingerprint density at radius 3 is 2.33 bits per heavy atom. The smallest absolute Gasteiger partial charge is 0.306 e. The van der Waals surface area contributed by atoms with Crippen molar-refractivity contribution < 1.29 is 14.7 Å². The first-order valence-electron chi connectivity index (χ1n) is 6.19. The summed E-state index contributed by atoms with van der Waals surface area (Å²) in [4.78, 5) is 22.9. The van der Waals surface area contributed by atoms with Crippen LogP contribution in [0.4, 0.5) is 0 Å². The number of carboxylic acid groups (broad SMARTS) is 1. The van der Waals surface area contributed by atoms with E-state index in [1.54, 1.807) is 6.92 Å². The summed E-state index contributed by atoms with van der Waals surface area (Å²) in [5, 5.41) is 8.84. The molecule has 0 aliphatic heterocycles. The Hall–Kier alpha value is -1.64. The number of carbonyl (C=O) groups excluding carboxylic acids is 1. The molecule has 0 aliphatic carbocycles. The van der Waals surface area contributed by atoms with E-state index in [4.69, 9.17) is 5.11 Å². The number of hydrogen-bond acceptors (Lipinski definition) is 2. The van der Waals surface area contributed by atoms with Gasteiger partial charge in [0.25, 0.3) is 0 Å². The first-order chi connectivity index (χ1) is 8.32. The Labute approximate surface area is 108 Å². The molecule has 0 bridgehead atoms. The number of hydrogen-bond donors (Lipinski definition) is 1. The van der Waals surface area contributed by atoms with Gasteiger partial charge in [0.05, 0.1) is 5.92 Å². The highest BCUT2D eigenvalue weighted by Gasteiger charge is 2.18. The van der Waals surface area contributed by atoms with E-state index in [1.807, 2.05) is 25.1 Å². The highest BCUT2D eigenvalue weighted by molar-refractivity contribution is 5.99. The van der Waals surface area contributed by atoms with Crippen LogP contribution >= 0.6 is 0 Å². The minimum absolute atomic E-state index is 0.0533. The van der Waals surface area contributed by atoms with Gasteiger partial charge in [-0.25, -0.2) is 0 Å². The Morgan fingerprint density at radius 1 is 1.22 bits per heavy atom. The second-order valence-electron chi connectivity index (χ2n) is 5.10. The van der Waals surface area contributed by atoms with Gasteiger partial charge in [-0.3, -0.25) is 9.59 Å². The monoisotopic (exact) mass is 248 g/mol. The summed E-state index contributed by atoms with van der Waals surface area (Å²) in [7, 11) is 0. The molecular formula is C15H20O3. The van der Waals surface area contributed by atoms with E-state index in [0.29, 0.717) is 11.5 Å². The van der Waals surface area contributed by atoms with E-state index in [2.05, 4.69) is 13.8 Å². The fraction of sp³-hybridized carbons (Fsp3) is 0.467. The summed E-state index contributed by atoms with van der Waals surface area (Å²) in [6.07, 6.45) is 0.0533. The average Bonchev–Trinajstić information content (AvgIpc) is 2.28. The van der Waals surface area contributed by atoms with Crippen LogP contribution in [0.25, 0.3) is 0 Å². The molecule has 3 heteroatoms. The van der Waals surface area contributed by atoms with Crippen LogP contribution < -0.4 is 0 Å². The zero-order valence-electron chi connectivity index (χ0n) is 11.4. The van der Waals surface area contributed by atoms with Gasteiger partial charge in [0, 0.05) is 12.0 Å². The van der Waals surface area contributed by atoms with Crippen molar-refractivity contribution in [2.75, 3.05) is 0 Å². The van der Waals surface area contributed by atoms with Crippen LogP contribution in [0, 0.1) is 12.8 Å². The van der Waals surface area contributed by atoms with Gasteiger partial charge in [-0.2, -0.15) is 0 Å². The van der Waals surface area contributed by atoms with E-state index in [0.717, 1.165) is 11.1 Å². The molecule has 1 atom stereocenters. The van der Waals surface area contributed by atoms with Crippen molar-refractivity contribution in [3.05, 3.63) is 34.9 Å². The van der Waals surface area contributed by atoms with Gasteiger partial charge in [0.2, 0.25) is 0 Å². The third-order valence-corrected chi connectivity index (χ3v) is 3.14. The van der Waals surface area contributed by atoms with Crippen LogP contribution in [0.3, 0.4) is 0 Å². The number of carbonyl (C=O) groups is 2. The van der Waals surface area contributed by atoms with Crippen LogP contribution in [0.2, 0.25) is 0 Å². The molecule has 3 nitrogen and oxygen atoms in total. The minimum atomic E-state index is -0.930. The molecule has 1 rings (SSSR count). The lowest BCUT2D eigenvalue weighted by atomic mass is 9.92. The normalized spacial score (nSPS) is 12.5. The molecule has 1 aromatic rings. The largest absolute Gasteiger partial charge is 0.481 e. The second-order valence-corrected chi connectivity index (χ2v) is 5.10. The van der Waals surface area contributed by atoms with Crippen LogP contribution in [0.1, 0.15) is 54.6 Å². The molecule has 18 heavy (non-hydrogen) atoms. The topological polar surface area (TPSA) is 54.4 Å². The zero-order valence-corrected chi connectivity index (χ0v) is 11.4. The van der Waals surface area contributed by atoms with Crippen molar-refractivity contribution in [3.63, 3.8) is 0 Å². The van der Waals surface area contributed by atoms with Crippen LogP contribution in [0.15, 0.2) is 18.2 Å². The van der Waals surface area contributed by atoms with E-state index in [1.165, 1.54) is 0 Å². The fourth-order valence-electron chi connectivity index (χ4n) is 1.77. The molecule has 0 amide bonds. The van der Waals surface area contributed by atoms with Crippen molar-refractivity contribution >= 4 is 11.8 Å². The number of Topliss-reactive ketones (excluding diaryl/α,β-unsaturated/α-hetero) is 1. The lowest BCUT2D eigenvalue weighted by Gasteiger charge is -2.11. The standard InChI is InChI=1S/C15H20O3/c1-9(2)12-6-5-10(3)13(8-12)14(16)7-11(4)15(17)18/h5-6,8-9,11H,7H2,1-4H3,(H,17,18). The van der Waals surface area contributed by atoms with Crippen molar-refractivity contribution in [2.45, 2.75) is 40.0 Å². The van der Waals surface area contributed by atoms with Gasteiger partial charge in [0.1, 0.15) is 0 Å². The SMILES string of the molecule is Cc1ccc(C(C)C)cc1C(=O)CC(C)C(=O)O. The average molecular weight is 248 g/mol. The third kappa shape index (κ3) is 3.42. The van der Waals surface area contributed by atoms with Gasteiger partial charge in [-0.1, -0.05) is 32.9 Å². The predicted octanol–water partition coefficient (Wildman–Crippen LogP) is 3.41. The Morgan fingerprint density at radius 2 is 1.83 bits per heavy atom. The molecular weight excluding hydrogens is 228 g/mol. The molecule has 0 heterocycles. The number of ketones is 1. The number of rotatable bonds is 5. The summed E-state index contributed by atoms with van der Waals surface area (Å²) >= 11 is 0. The van der Waals surface area contributed by atoms with Gasteiger partial charge in [0.15, 0.2) is 5.78 Å². The lowest BCUT2D eigenvalue weighted by molar-refractivity contribution is -0.141. The van der Waals surface area contributed by atoms with Gasteiger partial charge in [-0.05, 0) is 30.0 Å². The highest BCUT2D eigenvalue weighted by atomic mass is 16.4. The maximum Gasteiger partial charge on any atom is 0.306 e. The first kappa shape index (κ1) is 14.4. The summed E-state index contributed by atoms with van der Waals surface area (Å²) in [6, 6.07) is 5.82. The molecule has 1 aromatic carbocycles. The second kappa shape index (κ2) is 5.80. The molecule has 0 spiro atoms. The molecule has 0 radical (unpaired) electrons. The molecule has 1 unspecified atom stereocenters. The number of aryl methyl sites for hydroxylation is 1. The Kier molecular flexibility index (Phi) is 4.65. The van der Waals surface area contributed by atoms with Crippen molar-refractivity contribution in [1.82, 2.24) is 0 Å². The van der Waals surface area contributed by atoms with Crippen LogP contribution in [-0.4, -0.2) is 16.9 Å². The van der Waals surface area contributed by atoms with E-state index < -0.39 is 11.9 Å². The summed E-state index contributed by atoms with van der Waals surface area (Å²) in [5.41, 5.74) is 2.66. The van der Waals surface area contributed by atoms with E-state index in [-0.39, 0.29) is 12.2 Å². The van der Waals surface area contributed by atoms with E-state index in [9.17, 15) is 9.59 Å². The van der Waals surface area contributed by atoms with Gasteiger partial charge >= 0.3 is 5.97 Å². The van der Waals surface area contributed by atoms with Crippen molar-refractivity contribution in [1.29, 1.82) is 0 Å². The summed E-state index contributed by atoms with van der Waals surface area (Å²) in [5.74, 6) is -1.31. The lowest BCUT2D eigenvalue weighted by Crippen LogP contribution is -2.15. The summed E-state index contributed by atoms with van der Waals surface area (Å²) < 4.78 is 0. The zero-order chi connectivity index (χ0) is 13.9. The molecule has 0 saturated heterocycles. The van der Waals surface area contributed by atoms with Crippen molar-refractivity contribution in [3.8, 4) is 0 Å². The predicted molar refractivity (Wildman–Crippen MR) is 71.0 cm³/mol. The Balaban J connectivity index is 2.98. The number of benzene rings is 1. The maximum absolute atomic E-state index is 12.1. The molecule has 0 aliphatic rings. The quantitative estimate of drug-likeness (QED) is 0.812. The number of aliphatic carboxylic acids is 1. The van der Waals surface area contributed by atoms with Crippen LogP contribution in [-0.2, 0) is 4.79 Å². The molecule has 0 fully saturated rings. The van der Waals surface area contributed by atoms with Crippen molar-refractivity contribution in [2.24, 2.45) is 5.92 Å². The highest BCUT2D eigenvalue weighted by Crippen LogP contribution is 2.21. The summed E-state index contributed by atoms with van der Waals surface area (Å²) in [6.45, 7) is 7.57. The maximum atomic E-state index is 12.1. The molecule has 0 saturated carbocycles. The van der Waals surface area contributed by atoms with Crippen LogP contribution in [0.5, 0.6) is 0 Å². The molecule has 1 N–H and O–H groups in total. The van der Waals surface area contributed by atoms with Gasteiger partial charge in [-0.15, -0.1) is 0 Å². The molecule has 0 aromatic heterocycles. The fourth-order valence-corrected chi connectivity index (χ4v) is 1.77. The molecule has 98 valence electrons. The Bertz CT molecular complexity index is 461. The van der Waals surface area contributed by atoms with E-state index >= 15 is 0 Å². The first-order valence-corrected chi connectivity index (χ1v) is 6.19.